The fourth-order valence-corrected chi connectivity index (χ4v) is 3.62. The Kier molecular flexibility index (Phi) is 6.01. The normalized spacial score (nSPS) is 17.5. The molecular formula is C17H22N2O4S. The van der Waals surface area contributed by atoms with Crippen LogP contribution in [-0.2, 0) is 9.59 Å². The van der Waals surface area contributed by atoms with E-state index in [1.54, 1.807) is 12.1 Å². The van der Waals surface area contributed by atoms with Gasteiger partial charge in [0.15, 0.2) is 0 Å². The summed E-state index contributed by atoms with van der Waals surface area (Å²) in [5.74, 6) is -0.583. The Balaban J connectivity index is 2.17. The third-order valence-electron chi connectivity index (χ3n) is 4.20. The molecule has 0 aromatic heterocycles. The summed E-state index contributed by atoms with van der Waals surface area (Å²) < 4.78 is 0. The van der Waals surface area contributed by atoms with Crippen LogP contribution in [0, 0.1) is 13.8 Å². The molecule has 0 bridgehead atoms. The van der Waals surface area contributed by atoms with E-state index >= 15 is 0 Å². The van der Waals surface area contributed by atoms with Crippen molar-refractivity contribution in [3.8, 4) is 0 Å². The maximum absolute atomic E-state index is 12.6. The number of nitrogens with zero attached hydrogens (tertiary/aromatic N) is 2. The highest BCUT2D eigenvalue weighted by Gasteiger charge is 2.42. The van der Waals surface area contributed by atoms with Crippen LogP contribution in [0.4, 0.5) is 10.5 Å². The molecule has 1 aliphatic heterocycles. The molecule has 130 valence electrons. The van der Waals surface area contributed by atoms with Gasteiger partial charge in [-0.25, -0.2) is 4.90 Å². The summed E-state index contributed by atoms with van der Waals surface area (Å²) in [6.07, 6.45) is -0.0373. The highest BCUT2D eigenvalue weighted by atomic mass is 32.2. The van der Waals surface area contributed by atoms with Crippen LogP contribution in [0.25, 0.3) is 0 Å². The maximum atomic E-state index is 12.6. The van der Waals surface area contributed by atoms with Crippen molar-refractivity contribution in [2.24, 2.45) is 0 Å². The smallest absolute Gasteiger partial charge is 0.293 e. The predicted molar refractivity (Wildman–Crippen MR) is 94.1 cm³/mol. The molecule has 0 radical (unpaired) electrons. The SMILES string of the molecule is CCN(CCO)C(=O)CC1SC(=O)N(c2cccc(C)c2C)C1=O. The van der Waals surface area contributed by atoms with Gasteiger partial charge in [0.05, 0.1) is 12.3 Å². The summed E-state index contributed by atoms with van der Waals surface area (Å²) >= 11 is 0.893. The number of thioether (sulfide) groups is 1. The van der Waals surface area contributed by atoms with Crippen LogP contribution < -0.4 is 4.90 Å². The topological polar surface area (TPSA) is 77.9 Å². The zero-order valence-electron chi connectivity index (χ0n) is 14.1. The first kappa shape index (κ1) is 18.5. The van der Waals surface area contributed by atoms with Crippen molar-refractivity contribution in [2.75, 3.05) is 24.6 Å². The van der Waals surface area contributed by atoms with E-state index in [-0.39, 0.29) is 36.6 Å². The molecule has 1 saturated heterocycles. The molecule has 1 fully saturated rings. The lowest BCUT2D eigenvalue weighted by atomic mass is 10.1. The number of likely N-dealkylation sites (N-methyl/N-ethyl adjacent to an activating group) is 1. The number of aryl methyl sites for hydroxylation is 1. The van der Waals surface area contributed by atoms with Crippen molar-refractivity contribution < 1.29 is 19.5 Å². The van der Waals surface area contributed by atoms with Crippen LogP contribution in [0.5, 0.6) is 0 Å². The molecule has 6 nitrogen and oxygen atoms in total. The van der Waals surface area contributed by atoms with Gasteiger partial charge in [-0.2, -0.15) is 0 Å². The van der Waals surface area contributed by atoms with Crippen LogP contribution in [0.2, 0.25) is 0 Å². The monoisotopic (exact) mass is 350 g/mol. The minimum absolute atomic E-state index is 0.0373. The number of carbonyl (C=O) groups is 3. The van der Waals surface area contributed by atoms with Crippen LogP contribution in [-0.4, -0.2) is 52.0 Å². The Morgan fingerprint density at radius 1 is 1.33 bits per heavy atom. The van der Waals surface area contributed by atoms with E-state index in [4.69, 9.17) is 5.11 Å². The van der Waals surface area contributed by atoms with Crippen molar-refractivity contribution in [1.29, 1.82) is 0 Å². The van der Waals surface area contributed by atoms with Crippen molar-refractivity contribution >= 4 is 34.5 Å². The second-order valence-electron chi connectivity index (χ2n) is 5.67. The summed E-state index contributed by atoms with van der Waals surface area (Å²) in [6, 6.07) is 5.47. The fraction of sp³-hybridized carbons (Fsp3) is 0.471. The molecule has 3 amide bonds. The number of anilines is 1. The molecule has 1 aromatic rings. The lowest BCUT2D eigenvalue weighted by Gasteiger charge is -2.21. The summed E-state index contributed by atoms with van der Waals surface area (Å²) in [5, 5.41) is 7.93. The number of hydrogen-bond acceptors (Lipinski definition) is 5. The number of benzene rings is 1. The van der Waals surface area contributed by atoms with E-state index in [2.05, 4.69) is 0 Å². The van der Waals surface area contributed by atoms with Crippen LogP contribution in [0.15, 0.2) is 18.2 Å². The molecule has 0 saturated carbocycles. The quantitative estimate of drug-likeness (QED) is 0.850. The zero-order chi connectivity index (χ0) is 17.9. The molecule has 7 heteroatoms. The van der Waals surface area contributed by atoms with Crippen molar-refractivity contribution in [3.05, 3.63) is 29.3 Å². The van der Waals surface area contributed by atoms with Gasteiger partial charge in [-0.3, -0.25) is 14.4 Å². The van der Waals surface area contributed by atoms with Gasteiger partial charge in [-0.05, 0) is 49.7 Å². The number of aliphatic hydroxyl groups is 1. The first-order valence-electron chi connectivity index (χ1n) is 7.90. The number of amides is 3. The molecule has 1 unspecified atom stereocenters. The third-order valence-corrected chi connectivity index (χ3v) is 5.24. The van der Waals surface area contributed by atoms with Gasteiger partial charge in [-0.1, -0.05) is 12.1 Å². The van der Waals surface area contributed by atoms with Crippen LogP contribution in [0.3, 0.4) is 0 Å². The molecule has 1 heterocycles. The summed E-state index contributed by atoms with van der Waals surface area (Å²) in [5.41, 5.74) is 2.45. The van der Waals surface area contributed by atoms with E-state index < -0.39 is 5.25 Å². The van der Waals surface area contributed by atoms with E-state index in [1.165, 1.54) is 9.80 Å². The Labute approximate surface area is 145 Å². The molecule has 1 aliphatic rings. The van der Waals surface area contributed by atoms with E-state index in [0.29, 0.717) is 12.2 Å². The van der Waals surface area contributed by atoms with E-state index in [0.717, 1.165) is 22.9 Å². The lowest BCUT2D eigenvalue weighted by Crippen LogP contribution is -2.38. The highest BCUT2D eigenvalue weighted by Crippen LogP contribution is 2.35. The van der Waals surface area contributed by atoms with Gasteiger partial charge >= 0.3 is 0 Å². The average molecular weight is 350 g/mol. The van der Waals surface area contributed by atoms with Gasteiger partial charge in [0.1, 0.15) is 5.25 Å². The van der Waals surface area contributed by atoms with Gasteiger partial charge < -0.3 is 10.0 Å². The molecule has 1 aromatic carbocycles. The number of carbonyl (C=O) groups excluding carboxylic acids is 3. The number of aliphatic hydroxyl groups excluding tert-OH is 1. The lowest BCUT2D eigenvalue weighted by molar-refractivity contribution is -0.133. The van der Waals surface area contributed by atoms with Crippen molar-refractivity contribution in [1.82, 2.24) is 4.90 Å². The Morgan fingerprint density at radius 2 is 2.04 bits per heavy atom. The standard InChI is InChI=1S/C17H22N2O4S/c1-4-18(8-9-20)15(21)10-14-16(22)19(17(23)24-14)13-7-5-6-11(2)12(13)3/h5-7,14,20H,4,8-10H2,1-3H3. The van der Waals surface area contributed by atoms with Gasteiger partial charge in [0, 0.05) is 19.5 Å². The molecule has 1 atom stereocenters. The fourth-order valence-electron chi connectivity index (χ4n) is 2.65. The highest BCUT2D eigenvalue weighted by molar-refractivity contribution is 8.15. The van der Waals surface area contributed by atoms with Gasteiger partial charge in [0.25, 0.3) is 5.24 Å². The first-order valence-corrected chi connectivity index (χ1v) is 8.78. The molecular weight excluding hydrogens is 328 g/mol. The summed E-state index contributed by atoms with van der Waals surface area (Å²) in [7, 11) is 0. The molecule has 0 aliphatic carbocycles. The predicted octanol–water partition coefficient (Wildman–Crippen LogP) is 2.10. The minimum Gasteiger partial charge on any atom is -0.395 e. The number of rotatable bonds is 6. The number of hydrogen-bond donors (Lipinski definition) is 1. The Morgan fingerprint density at radius 3 is 2.67 bits per heavy atom. The second kappa shape index (κ2) is 7.81. The zero-order valence-corrected chi connectivity index (χ0v) is 14.9. The molecule has 2 rings (SSSR count). The second-order valence-corrected chi connectivity index (χ2v) is 6.82. The molecule has 24 heavy (non-hydrogen) atoms. The summed E-state index contributed by atoms with van der Waals surface area (Å²) in [4.78, 5) is 39.9. The maximum Gasteiger partial charge on any atom is 0.293 e. The van der Waals surface area contributed by atoms with Crippen LogP contribution in [0.1, 0.15) is 24.5 Å². The van der Waals surface area contributed by atoms with Gasteiger partial charge in [-0.15, -0.1) is 0 Å². The summed E-state index contributed by atoms with van der Waals surface area (Å²) in [6.45, 7) is 6.17. The van der Waals surface area contributed by atoms with E-state index in [9.17, 15) is 14.4 Å². The van der Waals surface area contributed by atoms with Gasteiger partial charge in [0.2, 0.25) is 11.8 Å². The third kappa shape index (κ3) is 3.62. The van der Waals surface area contributed by atoms with Crippen molar-refractivity contribution in [3.63, 3.8) is 0 Å². The molecule has 1 N–H and O–H groups in total. The number of imide groups is 1. The first-order chi connectivity index (χ1) is 11.4. The largest absolute Gasteiger partial charge is 0.395 e. The Hall–Kier alpha value is -1.86. The van der Waals surface area contributed by atoms with Crippen LogP contribution >= 0.6 is 11.8 Å². The average Bonchev–Trinajstić information content (AvgIpc) is 2.82. The molecule has 0 spiro atoms. The minimum atomic E-state index is -0.711. The van der Waals surface area contributed by atoms with E-state index in [1.807, 2.05) is 26.8 Å². The van der Waals surface area contributed by atoms with Crippen molar-refractivity contribution in [2.45, 2.75) is 32.4 Å². The Bertz CT molecular complexity index is 662.